The van der Waals surface area contributed by atoms with Crippen molar-refractivity contribution < 1.29 is 4.79 Å². The van der Waals surface area contributed by atoms with Crippen LogP contribution in [-0.2, 0) is 12.8 Å². The maximum Gasteiger partial charge on any atom is 0.274 e. The number of piperazine rings is 1. The lowest BCUT2D eigenvalue weighted by Crippen LogP contribution is -2.48. The molecule has 0 aromatic carbocycles. The minimum Gasteiger partial charge on any atom is -0.335 e. The third-order valence-corrected chi connectivity index (χ3v) is 4.87. The third-order valence-electron chi connectivity index (χ3n) is 4.87. The molecular weight excluding hydrogens is 264 g/mol. The Balaban J connectivity index is 1.73. The topological polar surface area (TPSA) is 52.2 Å². The molecule has 0 atom stereocenters. The lowest BCUT2D eigenvalue weighted by molar-refractivity contribution is 0.0636. The molecular formula is C16H26N4O. The van der Waals surface area contributed by atoms with Gasteiger partial charge in [-0.1, -0.05) is 19.8 Å². The summed E-state index contributed by atoms with van der Waals surface area (Å²) in [4.78, 5) is 17.1. The van der Waals surface area contributed by atoms with Crippen molar-refractivity contribution in [2.24, 2.45) is 0 Å². The first-order chi connectivity index (χ1) is 10.3. The van der Waals surface area contributed by atoms with Crippen LogP contribution in [0.15, 0.2) is 0 Å². The Morgan fingerprint density at radius 3 is 2.52 bits per heavy atom. The highest BCUT2D eigenvalue weighted by Crippen LogP contribution is 2.22. The summed E-state index contributed by atoms with van der Waals surface area (Å²) in [5, 5.41) is 7.49. The quantitative estimate of drug-likeness (QED) is 0.904. The van der Waals surface area contributed by atoms with Crippen LogP contribution < -0.4 is 0 Å². The predicted molar refractivity (Wildman–Crippen MR) is 82.5 cm³/mol. The highest BCUT2D eigenvalue weighted by molar-refractivity contribution is 5.94. The van der Waals surface area contributed by atoms with Gasteiger partial charge in [-0.15, -0.1) is 0 Å². The largest absolute Gasteiger partial charge is 0.335 e. The van der Waals surface area contributed by atoms with E-state index in [1.807, 2.05) is 4.90 Å². The summed E-state index contributed by atoms with van der Waals surface area (Å²) in [6, 6.07) is 0. The standard InChI is InChI=1S/C16H26N4O/c1-2-19-9-11-20(12-10-19)16(21)15-13-7-5-3-4-6-8-14(13)17-18-15/h2-12H2,1H3,(H,17,18). The smallest absolute Gasteiger partial charge is 0.274 e. The number of aromatic nitrogens is 2. The van der Waals surface area contributed by atoms with Crippen molar-refractivity contribution in [3.63, 3.8) is 0 Å². The number of aryl methyl sites for hydroxylation is 1. The first kappa shape index (κ1) is 14.6. The van der Waals surface area contributed by atoms with Gasteiger partial charge in [0.2, 0.25) is 0 Å². The molecule has 1 fully saturated rings. The van der Waals surface area contributed by atoms with Crippen molar-refractivity contribution in [3.8, 4) is 0 Å². The summed E-state index contributed by atoms with van der Waals surface area (Å²) in [6.07, 6.45) is 6.99. The number of hydrogen-bond donors (Lipinski definition) is 1. The predicted octanol–water partition coefficient (Wildman–Crippen LogP) is 1.85. The van der Waals surface area contributed by atoms with Crippen LogP contribution in [0.1, 0.15) is 54.4 Å². The summed E-state index contributed by atoms with van der Waals surface area (Å²) in [5.41, 5.74) is 3.08. The Labute approximate surface area is 126 Å². The van der Waals surface area contributed by atoms with Gasteiger partial charge in [-0.3, -0.25) is 9.89 Å². The molecule has 1 saturated heterocycles. The second-order valence-corrected chi connectivity index (χ2v) is 6.17. The molecule has 0 bridgehead atoms. The highest BCUT2D eigenvalue weighted by Gasteiger charge is 2.26. The number of aromatic amines is 1. The molecule has 5 heteroatoms. The zero-order valence-corrected chi connectivity index (χ0v) is 13.0. The van der Waals surface area contributed by atoms with E-state index in [1.54, 1.807) is 0 Å². The molecule has 3 rings (SSSR count). The molecule has 0 saturated carbocycles. The van der Waals surface area contributed by atoms with Gasteiger partial charge >= 0.3 is 0 Å². The Kier molecular flexibility index (Phi) is 4.58. The van der Waals surface area contributed by atoms with Crippen LogP contribution in [0, 0.1) is 0 Å². The summed E-state index contributed by atoms with van der Waals surface area (Å²) >= 11 is 0. The zero-order valence-electron chi connectivity index (χ0n) is 13.0. The van der Waals surface area contributed by atoms with Gasteiger partial charge in [-0.05, 0) is 32.2 Å². The Morgan fingerprint density at radius 2 is 1.81 bits per heavy atom. The summed E-state index contributed by atoms with van der Waals surface area (Å²) in [6.45, 7) is 6.86. The maximum absolute atomic E-state index is 12.8. The lowest BCUT2D eigenvalue weighted by Gasteiger charge is -2.33. The normalized spacial score (nSPS) is 20.7. The van der Waals surface area contributed by atoms with Crippen molar-refractivity contribution in [1.82, 2.24) is 20.0 Å². The number of H-pyrrole nitrogens is 1. The molecule has 0 spiro atoms. The number of likely N-dealkylation sites (N-methyl/N-ethyl adjacent to an activating group) is 1. The van der Waals surface area contributed by atoms with E-state index in [2.05, 4.69) is 22.0 Å². The molecule has 116 valence electrons. The van der Waals surface area contributed by atoms with Gasteiger partial charge in [0.1, 0.15) is 0 Å². The molecule has 1 aliphatic carbocycles. The lowest BCUT2D eigenvalue weighted by atomic mass is 9.96. The fraction of sp³-hybridized carbons (Fsp3) is 0.750. The first-order valence-corrected chi connectivity index (χ1v) is 8.37. The fourth-order valence-electron chi connectivity index (χ4n) is 3.43. The van der Waals surface area contributed by atoms with Crippen LogP contribution in [0.3, 0.4) is 0 Å². The number of nitrogens with zero attached hydrogens (tertiary/aromatic N) is 3. The molecule has 1 aliphatic heterocycles. The van der Waals surface area contributed by atoms with Crippen LogP contribution in [0.25, 0.3) is 0 Å². The van der Waals surface area contributed by atoms with Crippen molar-refractivity contribution in [2.75, 3.05) is 32.7 Å². The van der Waals surface area contributed by atoms with Gasteiger partial charge < -0.3 is 9.80 Å². The first-order valence-electron chi connectivity index (χ1n) is 8.37. The number of fused-ring (bicyclic) bond motifs is 1. The van der Waals surface area contributed by atoms with Crippen LogP contribution in [0.5, 0.6) is 0 Å². The van der Waals surface area contributed by atoms with Crippen LogP contribution in [0.4, 0.5) is 0 Å². The Morgan fingerprint density at radius 1 is 1.10 bits per heavy atom. The number of carbonyl (C=O) groups is 1. The van der Waals surface area contributed by atoms with Crippen LogP contribution in [-0.4, -0.2) is 58.6 Å². The van der Waals surface area contributed by atoms with E-state index < -0.39 is 0 Å². The second kappa shape index (κ2) is 6.60. The minimum atomic E-state index is 0.129. The van der Waals surface area contributed by atoms with Gasteiger partial charge in [0.15, 0.2) is 5.69 Å². The van der Waals surface area contributed by atoms with Gasteiger partial charge in [-0.2, -0.15) is 5.10 Å². The van der Waals surface area contributed by atoms with Gasteiger partial charge in [0.25, 0.3) is 5.91 Å². The van der Waals surface area contributed by atoms with Crippen molar-refractivity contribution in [1.29, 1.82) is 0 Å². The molecule has 1 amide bonds. The van der Waals surface area contributed by atoms with E-state index in [0.717, 1.165) is 45.6 Å². The maximum atomic E-state index is 12.8. The van der Waals surface area contributed by atoms with Gasteiger partial charge in [-0.25, -0.2) is 0 Å². The number of nitrogens with one attached hydrogen (secondary N) is 1. The zero-order chi connectivity index (χ0) is 14.7. The average molecular weight is 290 g/mol. The molecule has 2 aliphatic rings. The second-order valence-electron chi connectivity index (χ2n) is 6.17. The van der Waals surface area contributed by atoms with Crippen molar-refractivity contribution >= 4 is 5.91 Å². The van der Waals surface area contributed by atoms with E-state index in [-0.39, 0.29) is 5.91 Å². The molecule has 2 heterocycles. The van der Waals surface area contributed by atoms with Crippen LogP contribution in [0.2, 0.25) is 0 Å². The van der Waals surface area contributed by atoms with E-state index in [4.69, 9.17) is 0 Å². The van der Waals surface area contributed by atoms with Crippen molar-refractivity contribution in [3.05, 3.63) is 17.0 Å². The monoisotopic (exact) mass is 290 g/mol. The number of amides is 1. The highest BCUT2D eigenvalue weighted by atomic mass is 16.2. The van der Waals surface area contributed by atoms with Crippen molar-refractivity contribution in [2.45, 2.75) is 45.4 Å². The third kappa shape index (κ3) is 3.12. The van der Waals surface area contributed by atoms with E-state index in [0.29, 0.717) is 5.69 Å². The molecule has 1 aromatic rings. The number of carbonyl (C=O) groups excluding carboxylic acids is 1. The average Bonchev–Trinajstić information content (AvgIpc) is 2.88. The summed E-state index contributed by atoms with van der Waals surface area (Å²) < 4.78 is 0. The number of rotatable bonds is 2. The van der Waals surface area contributed by atoms with Gasteiger partial charge in [0, 0.05) is 37.4 Å². The minimum absolute atomic E-state index is 0.129. The summed E-state index contributed by atoms with van der Waals surface area (Å²) in [5.74, 6) is 0.129. The van der Waals surface area contributed by atoms with Gasteiger partial charge in [0.05, 0.1) is 0 Å². The SMILES string of the molecule is CCN1CCN(C(=O)c2n[nH]c3c2CCCCCC3)CC1. The Bertz CT molecular complexity index is 488. The van der Waals surface area contributed by atoms with Crippen LogP contribution >= 0.6 is 0 Å². The Hall–Kier alpha value is -1.36. The molecule has 1 N–H and O–H groups in total. The van der Waals surface area contributed by atoms with E-state index >= 15 is 0 Å². The summed E-state index contributed by atoms with van der Waals surface area (Å²) in [7, 11) is 0. The molecule has 0 unspecified atom stereocenters. The molecule has 21 heavy (non-hydrogen) atoms. The molecule has 0 radical (unpaired) electrons. The fourth-order valence-corrected chi connectivity index (χ4v) is 3.43. The number of hydrogen-bond acceptors (Lipinski definition) is 3. The van der Waals surface area contributed by atoms with E-state index in [9.17, 15) is 4.79 Å². The molecule has 1 aromatic heterocycles. The molecule has 5 nitrogen and oxygen atoms in total. The van der Waals surface area contributed by atoms with E-state index in [1.165, 1.54) is 36.9 Å².